The third kappa shape index (κ3) is 4.93. The minimum Gasteiger partial charge on any atom is -0.504 e. The molecule has 2 aromatic rings. The van der Waals surface area contributed by atoms with Crippen LogP contribution in [-0.4, -0.2) is 43.1 Å². The number of hydrogen-bond donors (Lipinski definition) is 1. The fraction of sp³-hybridized carbons (Fsp3) is 0.348. The third-order valence-electron chi connectivity index (χ3n) is 5.04. The molecule has 0 bridgehead atoms. The highest BCUT2D eigenvalue weighted by Gasteiger charge is 2.15. The third-order valence-corrected chi connectivity index (χ3v) is 5.04. The number of carbonyl (C=O) groups is 1. The molecule has 5 heteroatoms. The number of methoxy groups -OCH3 is 2. The second-order valence-corrected chi connectivity index (χ2v) is 6.99. The van der Waals surface area contributed by atoms with Gasteiger partial charge in [0.25, 0.3) is 0 Å². The van der Waals surface area contributed by atoms with Crippen molar-refractivity contribution in [2.24, 2.45) is 0 Å². The number of benzene rings is 2. The lowest BCUT2D eigenvalue weighted by Gasteiger charge is -2.27. The van der Waals surface area contributed by atoms with Crippen molar-refractivity contribution >= 4 is 11.9 Å². The number of hydrogen-bond acceptors (Lipinski definition) is 5. The zero-order chi connectivity index (χ0) is 19.9. The Bertz CT molecular complexity index is 854. The number of rotatable bonds is 7. The standard InChI is InChI=1S/C23H27NO4/c1-27-22-11-8-18(15-19(22)16-24-12-4-3-5-13-24)20(25)9-6-17-7-10-23(28-2)21(26)14-17/h6-11,14-15,26H,3-5,12-13,16H2,1-2H3/b9-6+. The lowest BCUT2D eigenvalue weighted by molar-refractivity contribution is 0.104. The van der Waals surface area contributed by atoms with Gasteiger partial charge in [-0.3, -0.25) is 9.69 Å². The Morgan fingerprint density at radius 3 is 2.43 bits per heavy atom. The molecule has 28 heavy (non-hydrogen) atoms. The van der Waals surface area contributed by atoms with Crippen LogP contribution in [0.4, 0.5) is 0 Å². The molecule has 1 fully saturated rings. The molecule has 1 saturated heterocycles. The Labute approximate surface area is 166 Å². The topological polar surface area (TPSA) is 59.0 Å². The normalized spacial score (nSPS) is 14.9. The largest absolute Gasteiger partial charge is 0.504 e. The van der Waals surface area contributed by atoms with Gasteiger partial charge in [0.05, 0.1) is 14.2 Å². The molecule has 1 aliphatic rings. The van der Waals surface area contributed by atoms with Crippen molar-refractivity contribution in [2.75, 3.05) is 27.3 Å². The van der Waals surface area contributed by atoms with Crippen molar-refractivity contribution < 1.29 is 19.4 Å². The Morgan fingerprint density at radius 1 is 1.04 bits per heavy atom. The van der Waals surface area contributed by atoms with Gasteiger partial charge in [0.15, 0.2) is 17.3 Å². The highest BCUT2D eigenvalue weighted by molar-refractivity contribution is 6.07. The minimum absolute atomic E-state index is 0.0466. The maximum atomic E-state index is 12.6. The zero-order valence-electron chi connectivity index (χ0n) is 16.5. The number of carbonyl (C=O) groups excluding carboxylic acids is 1. The first-order valence-electron chi connectivity index (χ1n) is 9.59. The molecule has 148 valence electrons. The van der Waals surface area contributed by atoms with E-state index in [2.05, 4.69) is 4.90 Å². The number of allylic oxidation sites excluding steroid dienone is 1. The van der Waals surface area contributed by atoms with E-state index in [1.807, 2.05) is 12.1 Å². The second-order valence-electron chi connectivity index (χ2n) is 6.99. The molecular weight excluding hydrogens is 354 g/mol. The maximum Gasteiger partial charge on any atom is 0.185 e. The fourth-order valence-corrected chi connectivity index (χ4v) is 3.49. The summed E-state index contributed by atoms with van der Waals surface area (Å²) in [5, 5.41) is 9.86. The van der Waals surface area contributed by atoms with Gasteiger partial charge in [-0.05, 0) is 67.9 Å². The van der Waals surface area contributed by atoms with Gasteiger partial charge in [0.2, 0.25) is 0 Å². The van der Waals surface area contributed by atoms with Crippen LogP contribution >= 0.6 is 0 Å². The summed E-state index contributed by atoms with van der Waals surface area (Å²) in [4.78, 5) is 15.0. The van der Waals surface area contributed by atoms with Gasteiger partial charge < -0.3 is 14.6 Å². The first-order chi connectivity index (χ1) is 13.6. The molecule has 2 aromatic carbocycles. The molecule has 0 spiro atoms. The van der Waals surface area contributed by atoms with Crippen LogP contribution in [-0.2, 0) is 6.54 Å². The van der Waals surface area contributed by atoms with Crippen molar-refractivity contribution in [2.45, 2.75) is 25.8 Å². The van der Waals surface area contributed by atoms with Gasteiger partial charge in [-0.25, -0.2) is 0 Å². The molecule has 0 unspecified atom stereocenters. The van der Waals surface area contributed by atoms with Crippen LogP contribution in [0.1, 0.15) is 40.7 Å². The van der Waals surface area contributed by atoms with Crippen molar-refractivity contribution in [1.82, 2.24) is 4.90 Å². The molecule has 0 aromatic heterocycles. The van der Waals surface area contributed by atoms with Gasteiger partial charge in [0, 0.05) is 17.7 Å². The van der Waals surface area contributed by atoms with E-state index in [4.69, 9.17) is 9.47 Å². The average Bonchev–Trinajstić information content (AvgIpc) is 2.73. The Balaban J connectivity index is 1.75. The van der Waals surface area contributed by atoms with Crippen LogP contribution in [0, 0.1) is 0 Å². The van der Waals surface area contributed by atoms with Crippen molar-refractivity contribution in [3.8, 4) is 17.2 Å². The summed E-state index contributed by atoms with van der Waals surface area (Å²) in [5.74, 6) is 1.18. The highest BCUT2D eigenvalue weighted by Crippen LogP contribution is 2.27. The van der Waals surface area contributed by atoms with Gasteiger partial charge in [0.1, 0.15) is 5.75 Å². The molecule has 0 saturated carbocycles. The molecule has 5 nitrogen and oxygen atoms in total. The van der Waals surface area contributed by atoms with Crippen LogP contribution in [0.15, 0.2) is 42.5 Å². The lowest BCUT2D eigenvalue weighted by Crippen LogP contribution is -2.29. The van der Waals surface area contributed by atoms with Gasteiger partial charge in [-0.15, -0.1) is 0 Å². The molecule has 0 amide bonds. The minimum atomic E-state index is -0.0853. The molecule has 1 aliphatic heterocycles. The van der Waals surface area contributed by atoms with Crippen molar-refractivity contribution in [3.63, 3.8) is 0 Å². The summed E-state index contributed by atoms with van der Waals surface area (Å²) in [5.41, 5.74) is 2.39. The van der Waals surface area contributed by atoms with E-state index >= 15 is 0 Å². The fourth-order valence-electron chi connectivity index (χ4n) is 3.49. The molecular formula is C23H27NO4. The number of piperidine rings is 1. The smallest absolute Gasteiger partial charge is 0.185 e. The van der Waals surface area contributed by atoms with E-state index in [9.17, 15) is 9.90 Å². The molecule has 1 N–H and O–H groups in total. The van der Waals surface area contributed by atoms with Crippen molar-refractivity contribution in [1.29, 1.82) is 0 Å². The molecule has 0 atom stereocenters. The summed E-state index contributed by atoms with van der Waals surface area (Å²) in [6.45, 7) is 2.96. The zero-order valence-corrected chi connectivity index (χ0v) is 16.5. The Morgan fingerprint density at radius 2 is 1.75 bits per heavy atom. The van der Waals surface area contributed by atoms with Crippen LogP contribution in [0.25, 0.3) is 6.08 Å². The quantitative estimate of drug-likeness (QED) is 0.573. The monoisotopic (exact) mass is 381 g/mol. The van der Waals surface area contributed by atoms with E-state index < -0.39 is 0 Å². The predicted molar refractivity (Wildman–Crippen MR) is 110 cm³/mol. The second kappa shape index (κ2) is 9.42. The summed E-state index contributed by atoms with van der Waals surface area (Å²) in [6, 6.07) is 10.6. The van der Waals surface area contributed by atoms with Crippen LogP contribution in [0.2, 0.25) is 0 Å². The number of aromatic hydroxyl groups is 1. The Hall–Kier alpha value is -2.79. The Kier molecular flexibility index (Phi) is 6.71. The van der Waals surface area contributed by atoms with E-state index in [-0.39, 0.29) is 11.5 Å². The van der Waals surface area contributed by atoms with Crippen LogP contribution in [0.3, 0.4) is 0 Å². The van der Waals surface area contributed by atoms with Gasteiger partial charge >= 0.3 is 0 Å². The van der Waals surface area contributed by atoms with Gasteiger partial charge in [-0.2, -0.15) is 0 Å². The summed E-state index contributed by atoms with van der Waals surface area (Å²) in [7, 11) is 3.16. The number of nitrogens with zero attached hydrogens (tertiary/aromatic N) is 1. The summed E-state index contributed by atoms with van der Waals surface area (Å²) in [6.07, 6.45) is 6.94. The summed E-state index contributed by atoms with van der Waals surface area (Å²) < 4.78 is 10.5. The average molecular weight is 381 g/mol. The molecule has 1 heterocycles. The number of ether oxygens (including phenoxy) is 2. The molecule has 0 radical (unpaired) electrons. The van der Waals surface area contributed by atoms with Crippen LogP contribution in [0.5, 0.6) is 17.2 Å². The van der Waals surface area contributed by atoms with Crippen molar-refractivity contribution in [3.05, 3.63) is 59.2 Å². The van der Waals surface area contributed by atoms with Gasteiger partial charge in [-0.1, -0.05) is 18.6 Å². The molecule has 3 rings (SSSR count). The first-order valence-corrected chi connectivity index (χ1v) is 9.59. The number of phenolic OH excluding ortho intramolecular Hbond substituents is 1. The van der Waals surface area contributed by atoms with E-state index in [1.165, 1.54) is 32.4 Å². The van der Waals surface area contributed by atoms with E-state index in [0.29, 0.717) is 11.3 Å². The maximum absolute atomic E-state index is 12.6. The number of ketones is 1. The van der Waals surface area contributed by atoms with E-state index in [0.717, 1.165) is 36.5 Å². The molecule has 0 aliphatic carbocycles. The number of phenols is 1. The van der Waals surface area contributed by atoms with E-state index in [1.54, 1.807) is 37.5 Å². The predicted octanol–water partition coefficient (Wildman–Crippen LogP) is 4.29. The van der Waals surface area contributed by atoms with Crippen LogP contribution < -0.4 is 9.47 Å². The number of likely N-dealkylation sites (tertiary alicyclic amines) is 1. The SMILES string of the molecule is COc1ccc(/C=C/C(=O)c2ccc(OC)c(CN3CCCCC3)c2)cc1O. The highest BCUT2D eigenvalue weighted by atomic mass is 16.5. The summed E-state index contributed by atoms with van der Waals surface area (Å²) >= 11 is 0. The lowest BCUT2D eigenvalue weighted by atomic mass is 10.0. The first kappa shape index (κ1) is 20.0.